The zero-order valence-corrected chi connectivity index (χ0v) is 10.9. The minimum atomic E-state index is 0.455. The van der Waals surface area contributed by atoms with Crippen molar-refractivity contribution in [3.05, 3.63) is 17.8 Å². The Hall–Kier alpha value is -1.16. The first kappa shape index (κ1) is 11.9. The third-order valence-electron chi connectivity index (χ3n) is 4.39. The number of nitrogens with zero attached hydrogens (tertiary/aromatic N) is 3. The van der Waals surface area contributed by atoms with E-state index in [9.17, 15) is 0 Å². The number of nitrogens with two attached hydrogens (primary N) is 1. The van der Waals surface area contributed by atoms with Gasteiger partial charge in [0.25, 0.3) is 0 Å². The van der Waals surface area contributed by atoms with Crippen LogP contribution < -0.4 is 10.6 Å². The molecule has 1 saturated heterocycles. The van der Waals surface area contributed by atoms with E-state index >= 15 is 0 Å². The van der Waals surface area contributed by atoms with E-state index in [1.165, 1.54) is 44.2 Å². The predicted molar refractivity (Wildman–Crippen MR) is 72.7 cm³/mol. The smallest absolute Gasteiger partial charge is 0.151 e. The first-order chi connectivity index (χ1) is 8.88. The van der Waals surface area contributed by atoms with Crippen LogP contribution in [0.15, 0.2) is 12.1 Å². The Morgan fingerprint density at radius 1 is 1.11 bits per heavy atom. The number of hydrogen-bond acceptors (Lipinski definition) is 4. The van der Waals surface area contributed by atoms with Crippen molar-refractivity contribution in [1.29, 1.82) is 0 Å². The van der Waals surface area contributed by atoms with E-state index in [0.29, 0.717) is 18.5 Å². The Kier molecular flexibility index (Phi) is 3.46. The van der Waals surface area contributed by atoms with Crippen LogP contribution in [0.4, 0.5) is 5.82 Å². The molecule has 2 N–H and O–H groups in total. The lowest BCUT2D eigenvalue weighted by molar-refractivity contribution is 0.653. The highest BCUT2D eigenvalue weighted by molar-refractivity contribution is 5.40. The minimum Gasteiger partial charge on any atom is -0.351 e. The molecule has 0 bridgehead atoms. The van der Waals surface area contributed by atoms with Crippen molar-refractivity contribution >= 4 is 5.82 Å². The summed E-state index contributed by atoms with van der Waals surface area (Å²) in [5, 5.41) is 8.87. The van der Waals surface area contributed by atoms with Crippen LogP contribution in [0.5, 0.6) is 0 Å². The fourth-order valence-corrected chi connectivity index (χ4v) is 3.31. The van der Waals surface area contributed by atoms with E-state index in [1.807, 2.05) is 0 Å². The van der Waals surface area contributed by atoms with Gasteiger partial charge in [-0.2, -0.15) is 5.10 Å². The molecule has 1 unspecified atom stereocenters. The predicted octanol–water partition coefficient (Wildman–Crippen LogP) is 2.06. The van der Waals surface area contributed by atoms with Gasteiger partial charge in [-0.3, -0.25) is 0 Å². The zero-order valence-electron chi connectivity index (χ0n) is 10.9. The average molecular weight is 246 g/mol. The Balaban J connectivity index is 1.74. The fraction of sp³-hybridized carbons (Fsp3) is 0.714. The molecule has 4 heteroatoms. The summed E-state index contributed by atoms with van der Waals surface area (Å²) in [6.45, 7) is 1.78. The molecule has 1 aromatic rings. The molecule has 0 spiro atoms. The van der Waals surface area contributed by atoms with Crippen LogP contribution in [-0.4, -0.2) is 29.3 Å². The molecule has 3 rings (SSSR count). The monoisotopic (exact) mass is 246 g/mol. The van der Waals surface area contributed by atoms with Crippen molar-refractivity contribution in [2.45, 2.75) is 50.5 Å². The average Bonchev–Trinajstić information content (AvgIpc) is 3.10. The van der Waals surface area contributed by atoms with Crippen molar-refractivity contribution < 1.29 is 0 Å². The highest BCUT2D eigenvalue weighted by Gasteiger charge is 2.25. The van der Waals surface area contributed by atoms with Crippen LogP contribution in [0.3, 0.4) is 0 Å². The molecule has 18 heavy (non-hydrogen) atoms. The first-order valence-corrected chi connectivity index (χ1v) is 7.19. The van der Waals surface area contributed by atoms with Crippen molar-refractivity contribution in [2.75, 3.05) is 18.0 Å². The van der Waals surface area contributed by atoms with Gasteiger partial charge in [0, 0.05) is 25.0 Å². The zero-order chi connectivity index (χ0) is 12.4. The Labute approximate surface area is 109 Å². The second-order valence-electron chi connectivity index (χ2n) is 5.52. The van der Waals surface area contributed by atoms with Gasteiger partial charge in [0.05, 0.1) is 5.69 Å². The van der Waals surface area contributed by atoms with Gasteiger partial charge in [-0.1, -0.05) is 12.8 Å². The molecule has 4 nitrogen and oxygen atoms in total. The molecule has 2 heterocycles. The molecule has 2 aliphatic rings. The summed E-state index contributed by atoms with van der Waals surface area (Å²) in [5.74, 6) is 1.65. The largest absolute Gasteiger partial charge is 0.351 e. The molecule has 2 fully saturated rings. The van der Waals surface area contributed by atoms with E-state index in [-0.39, 0.29) is 0 Å². The normalized spacial score (nSPS) is 24.9. The minimum absolute atomic E-state index is 0.455. The standard InChI is InChI=1S/C14H22N4/c15-10-12-6-3-9-18(12)14-8-7-13(16-17-14)11-4-1-2-5-11/h7-8,11-12H,1-6,9-10,15H2. The van der Waals surface area contributed by atoms with Gasteiger partial charge >= 0.3 is 0 Å². The topological polar surface area (TPSA) is 55.0 Å². The van der Waals surface area contributed by atoms with Crippen LogP contribution in [0.1, 0.15) is 50.1 Å². The summed E-state index contributed by atoms with van der Waals surface area (Å²) in [6, 6.07) is 4.76. The number of anilines is 1. The third-order valence-corrected chi connectivity index (χ3v) is 4.39. The molecule has 1 aliphatic carbocycles. The molecule has 0 amide bonds. The Bertz CT molecular complexity index is 383. The van der Waals surface area contributed by atoms with Crippen LogP contribution in [0.2, 0.25) is 0 Å². The molecule has 1 saturated carbocycles. The maximum atomic E-state index is 5.80. The first-order valence-electron chi connectivity index (χ1n) is 7.19. The van der Waals surface area contributed by atoms with Gasteiger partial charge in [0.2, 0.25) is 0 Å². The molecule has 1 atom stereocenters. The van der Waals surface area contributed by atoms with E-state index < -0.39 is 0 Å². The van der Waals surface area contributed by atoms with Gasteiger partial charge in [-0.05, 0) is 37.8 Å². The maximum absolute atomic E-state index is 5.80. The summed E-state index contributed by atoms with van der Waals surface area (Å²) in [7, 11) is 0. The Morgan fingerprint density at radius 2 is 1.94 bits per heavy atom. The molecule has 0 radical (unpaired) electrons. The lowest BCUT2D eigenvalue weighted by atomic mass is 10.0. The van der Waals surface area contributed by atoms with Crippen LogP contribution in [0.25, 0.3) is 0 Å². The van der Waals surface area contributed by atoms with Crippen LogP contribution >= 0.6 is 0 Å². The van der Waals surface area contributed by atoms with E-state index in [1.54, 1.807) is 0 Å². The number of aromatic nitrogens is 2. The van der Waals surface area contributed by atoms with Crippen molar-refractivity contribution in [2.24, 2.45) is 5.73 Å². The second kappa shape index (κ2) is 5.22. The number of rotatable bonds is 3. The van der Waals surface area contributed by atoms with Gasteiger partial charge in [0.1, 0.15) is 0 Å². The summed E-state index contributed by atoms with van der Waals surface area (Å²) in [5.41, 5.74) is 6.98. The number of hydrogen-bond donors (Lipinski definition) is 1. The molecular formula is C14H22N4. The van der Waals surface area contributed by atoms with Crippen molar-refractivity contribution in [1.82, 2.24) is 10.2 Å². The summed E-state index contributed by atoms with van der Waals surface area (Å²) < 4.78 is 0. The highest BCUT2D eigenvalue weighted by atomic mass is 15.3. The van der Waals surface area contributed by atoms with Gasteiger partial charge < -0.3 is 10.6 Å². The van der Waals surface area contributed by atoms with Crippen molar-refractivity contribution in [3.63, 3.8) is 0 Å². The SMILES string of the molecule is NCC1CCCN1c1ccc(C2CCCC2)nn1. The second-order valence-corrected chi connectivity index (χ2v) is 5.52. The van der Waals surface area contributed by atoms with E-state index in [4.69, 9.17) is 5.73 Å². The quantitative estimate of drug-likeness (QED) is 0.887. The highest BCUT2D eigenvalue weighted by Crippen LogP contribution is 2.33. The Morgan fingerprint density at radius 3 is 2.61 bits per heavy atom. The third kappa shape index (κ3) is 2.21. The molecule has 1 aromatic heterocycles. The van der Waals surface area contributed by atoms with E-state index in [2.05, 4.69) is 27.2 Å². The molecular weight excluding hydrogens is 224 g/mol. The molecule has 98 valence electrons. The summed E-state index contributed by atoms with van der Waals surface area (Å²) in [6.07, 6.45) is 7.65. The lowest BCUT2D eigenvalue weighted by Crippen LogP contribution is -2.36. The van der Waals surface area contributed by atoms with E-state index in [0.717, 1.165) is 12.4 Å². The van der Waals surface area contributed by atoms with Crippen LogP contribution in [-0.2, 0) is 0 Å². The fourth-order valence-electron chi connectivity index (χ4n) is 3.31. The molecule has 0 aromatic carbocycles. The van der Waals surface area contributed by atoms with Gasteiger partial charge in [-0.25, -0.2) is 0 Å². The van der Waals surface area contributed by atoms with Crippen LogP contribution in [0, 0.1) is 0 Å². The molecule has 1 aliphatic heterocycles. The van der Waals surface area contributed by atoms with Gasteiger partial charge in [-0.15, -0.1) is 5.10 Å². The maximum Gasteiger partial charge on any atom is 0.151 e. The summed E-state index contributed by atoms with van der Waals surface area (Å²) >= 11 is 0. The van der Waals surface area contributed by atoms with Crippen molar-refractivity contribution in [3.8, 4) is 0 Å². The van der Waals surface area contributed by atoms with Gasteiger partial charge in [0.15, 0.2) is 5.82 Å². The lowest BCUT2D eigenvalue weighted by Gasteiger charge is -2.24. The summed E-state index contributed by atoms with van der Waals surface area (Å²) in [4.78, 5) is 2.31.